The summed E-state index contributed by atoms with van der Waals surface area (Å²) in [6, 6.07) is 4.05. The number of hydrogen-bond donors (Lipinski definition) is 1. The van der Waals surface area contributed by atoms with Crippen molar-refractivity contribution in [3.05, 3.63) is 23.3 Å². The first-order chi connectivity index (χ1) is 9.22. The van der Waals surface area contributed by atoms with Gasteiger partial charge in [0.2, 0.25) is 0 Å². The second-order valence-electron chi connectivity index (χ2n) is 4.97. The predicted octanol–water partition coefficient (Wildman–Crippen LogP) is 1.29. The molecular weight excluding hydrogens is 246 g/mol. The van der Waals surface area contributed by atoms with Crippen LogP contribution in [-0.2, 0) is 17.8 Å². The minimum Gasteiger partial charge on any atom is -0.490 e. The van der Waals surface area contributed by atoms with Gasteiger partial charge in [0.05, 0.1) is 19.8 Å². The Morgan fingerprint density at radius 3 is 2.58 bits per heavy atom. The van der Waals surface area contributed by atoms with E-state index in [1.165, 1.54) is 5.56 Å². The second kappa shape index (κ2) is 5.09. The van der Waals surface area contributed by atoms with Crippen molar-refractivity contribution < 1.29 is 19.4 Å². The summed E-state index contributed by atoms with van der Waals surface area (Å²) in [4.78, 5) is 12.7. The summed E-state index contributed by atoms with van der Waals surface area (Å²) in [5, 5.41) is 8.86. The van der Waals surface area contributed by atoms with E-state index in [2.05, 4.69) is 0 Å². The fourth-order valence-electron chi connectivity index (χ4n) is 2.60. The predicted molar refractivity (Wildman–Crippen MR) is 68.7 cm³/mol. The van der Waals surface area contributed by atoms with Gasteiger partial charge in [0.1, 0.15) is 0 Å². The Balaban J connectivity index is 1.84. The fraction of sp³-hybridized carbons (Fsp3) is 0.500. The molecule has 0 unspecified atom stereocenters. The fourth-order valence-corrected chi connectivity index (χ4v) is 2.60. The third-order valence-corrected chi connectivity index (χ3v) is 3.52. The first-order valence-electron chi connectivity index (χ1n) is 6.58. The zero-order valence-corrected chi connectivity index (χ0v) is 10.7. The maximum atomic E-state index is 10.8. The van der Waals surface area contributed by atoms with Crippen LogP contribution >= 0.6 is 0 Å². The minimum atomic E-state index is -0.780. The average molecular weight is 263 g/mol. The minimum absolute atomic E-state index is 0.0912. The smallest absolute Gasteiger partial charge is 0.317 e. The highest BCUT2D eigenvalue weighted by Gasteiger charge is 2.21. The number of aliphatic carboxylic acids is 1. The van der Waals surface area contributed by atoms with Gasteiger partial charge in [0.25, 0.3) is 0 Å². The van der Waals surface area contributed by atoms with E-state index in [0.717, 1.165) is 36.4 Å². The lowest BCUT2D eigenvalue weighted by Crippen LogP contribution is -2.34. The zero-order valence-electron chi connectivity index (χ0n) is 10.7. The maximum Gasteiger partial charge on any atom is 0.317 e. The highest BCUT2D eigenvalue weighted by atomic mass is 16.5. The molecule has 0 spiro atoms. The third kappa shape index (κ3) is 2.66. The summed E-state index contributed by atoms with van der Waals surface area (Å²) in [7, 11) is 0. The van der Waals surface area contributed by atoms with E-state index in [1.807, 2.05) is 17.0 Å². The van der Waals surface area contributed by atoms with Crippen molar-refractivity contribution in [2.24, 2.45) is 0 Å². The normalized spacial score (nSPS) is 18.5. The lowest BCUT2D eigenvalue weighted by atomic mass is 9.99. The molecule has 2 aliphatic heterocycles. The van der Waals surface area contributed by atoms with Gasteiger partial charge in [0.15, 0.2) is 11.5 Å². The van der Waals surface area contributed by atoms with Crippen LogP contribution in [0.4, 0.5) is 0 Å². The molecule has 0 aromatic heterocycles. The van der Waals surface area contributed by atoms with E-state index in [9.17, 15) is 4.79 Å². The molecule has 2 aliphatic rings. The number of rotatable bonds is 2. The van der Waals surface area contributed by atoms with Crippen LogP contribution in [-0.4, -0.2) is 42.3 Å². The lowest BCUT2D eigenvalue weighted by Gasteiger charge is -2.28. The van der Waals surface area contributed by atoms with Crippen molar-refractivity contribution in [1.82, 2.24) is 4.90 Å². The zero-order chi connectivity index (χ0) is 13.2. The van der Waals surface area contributed by atoms with Gasteiger partial charge in [-0.1, -0.05) is 0 Å². The van der Waals surface area contributed by atoms with Crippen molar-refractivity contribution in [2.75, 3.05) is 26.3 Å². The molecule has 1 N–H and O–H groups in total. The first kappa shape index (κ1) is 12.3. The molecule has 19 heavy (non-hydrogen) atoms. The Hall–Kier alpha value is -1.75. The number of hydrogen-bond acceptors (Lipinski definition) is 4. The SMILES string of the molecule is O=C(O)CN1CCc2cc3c(cc2C1)OCCCO3. The molecule has 0 saturated carbocycles. The van der Waals surface area contributed by atoms with Crippen molar-refractivity contribution >= 4 is 5.97 Å². The number of fused-ring (bicyclic) bond motifs is 2. The number of carboxylic acids is 1. The second-order valence-corrected chi connectivity index (χ2v) is 4.97. The molecule has 1 aromatic carbocycles. The Labute approximate surface area is 111 Å². The van der Waals surface area contributed by atoms with Crippen LogP contribution in [0.1, 0.15) is 17.5 Å². The van der Waals surface area contributed by atoms with Crippen LogP contribution in [0.15, 0.2) is 12.1 Å². The molecule has 102 valence electrons. The largest absolute Gasteiger partial charge is 0.490 e. The summed E-state index contributed by atoms with van der Waals surface area (Å²) in [5.41, 5.74) is 2.39. The highest BCUT2D eigenvalue weighted by Crippen LogP contribution is 2.34. The van der Waals surface area contributed by atoms with E-state index < -0.39 is 5.97 Å². The molecule has 0 aliphatic carbocycles. The molecule has 0 amide bonds. The molecule has 1 aromatic rings. The molecule has 0 fully saturated rings. The van der Waals surface area contributed by atoms with E-state index >= 15 is 0 Å². The summed E-state index contributed by atoms with van der Waals surface area (Å²) < 4.78 is 11.3. The van der Waals surface area contributed by atoms with Crippen LogP contribution in [0.3, 0.4) is 0 Å². The maximum absolute atomic E-state index is 10.8. The summed E-state index contributed by atoms with van der Waals surface area (Å²) >= 11 is 0. The molecule has 5 heteroatoms. The Morgan fingerprint density at radius 1 is 1.21 bits per heavy atom. The van der Waals surface area contributed by atoms with E-state index in [-0.39, 0.29) is 6.54 Å². The van der Waals surface area contributed by atoms with Gasteiger partial charge < -0.3 is 14.6 Å². The Bertz CT molecular complexity index is 500. The molecule has 2 heterocycles. The van der Waals surface area contributed by atoms with Crippen molar-refractivity contribution in [3.63, 3.8) is 0 Å². The van der Waals surface area contributed by atoms with Gasteiger partial charge in [-0.2, -0.15) is 0 Å². The first-order valence-corrected chi connectivity index (χ1v) is 6.58. The molecule has 0 saturated heterocycles. The van der Waals surface area contributed by atoms with Gasteiger partial charge >= 0.3 is 5.97 Å². The molecule has 3 rings (SSSR count). The van der Waals surface area contributed by atoms with Gasteiger partial charge in [-0.25, -0.2) is 0 Å². The van der Waals surface area contributed by atoms with Crippen LogP contribution in [0.25, 0.3) is 0 Å². The lowest BCUT2D eigenvalue weighted by molar-refractivity contribution is -0.138. The quantitative estimate of drug-likeness (QED) is 0.871. The molecular formula is C14H17NO4. The number of carbonyl (C=O) groups is 1. The number of carboxylic acid groups (broad SMARTS) is 1. The van der Waals surface area contributed by atoms with Gasteiger partial charge in [0, 0.05) is 19.5 Å². The Morgan fingerprint density at radius 2 is 1.89 bits per heavy atom. The summed E-state index contributed by atoms with van der Waals surface area (Å²) in [5.74, 6) is 0.828. The number of benzene rings is 1. The number of nitrogens with zero attached hydrogens (tertiary/aromatic N) is 1. The van der Waals surface area contributed by atoms with Crippen molar-refractivity contribution in [3.8, 4) is 11.5 Å². The standard InChI is InChI=1S/C14H17NO4/c16-14(17)9-15-3-2-10-6-12-13(7-11(10)8-15)19-5-1-4-18-12/h6-7H,1-5,8-9H2,(H,16,17). The van der Waals surface area contributed by atoms with E-state index in [1.54, 1.807) is 0 Å². The number of ether oxygens (including phenoxy) is 2. The van der Waals surface area contributed by atoms with Crippen molar-refractivity contribution in [1.29, 1.82) is 0 Å². The molecule has 0 bridgehead atoms. The van der Waals surface area contributed by atoms with Crippen LogP contribution < -0.4 is 9.47 Å². The summed E-state index contributed by atoms with van der Waals surface area (Å²) in [6.45, 7) is 2.90. The van der Waals surface area contributed by atoms with Crippen LogP contribution in [0.5, 0.6) is 11.5 Å². The van der Waals surface area contributed by atoms with Gasteiger partial charge in [-0.3, -0.25) is 9.69 Å². The average Bonchev–Trinajstić information content (AvgIpc) is 2.60. The van der Waals surface area contributed by atoms with Gasteiger partial charge in [-0.15, -0.1) is 0 Å². The van der Waals surface area contributed by atoms with Crippen molar-refractivity contribution in [2.45, 2.75) is 19.4 Å². The van der Waals surface area contributed by atoms with E-state index in [0.29, 0.717) is 19.8 Å². The van der Waals surface area contributed by atoms with E-state index in [4.69, 9.17) is 14.6 Å². The molecule has 5 nitrogen and oxygen atoms in total. The third-order valence-electron chi connectivity index (χ3n) is 3.52. The monoisotopic (exact) mass is 263 g/mol. The van der Waals surface area contributed by atoms with Gasteiger partial charge in [-0.05, 0) is 29.7 Å². The Kier molecular flexibility index (Phi) is 3.29. The highest BCUT2D eigenvalue weighted by molar-refractivity contribution is 5.69. The van der Waals surface area contributed by atoms with Crippen LogP contribution in [0.2, 0.25) is 0 Å². The van der Waals surface area contributed by atoms with Crippen LogP contribution in [0, 0.1) is 0 Å². The molecule has 0 radical (unpaired) electrons. The topological polar surface area (TPSA) is 59.0 Å². The molecule has 0 atom stereocenters. The summed E-state index contributed by atoms with van der Waals surface area (Å²) in [6.07, 6.45) is 1.75.